The van der Waals surface area contributed by atoms with Crippen LogP contribution in [0, 0.1) is 11.8 Å². The lowest BCUT2D eigenvalue weighted by molar-refractivity contribution is -0.159. The first-order valence-corrected chi connectivity index (χ1v) is 6.94. The molecule has 0 bridgehead atoms. The van der Waals surface area contributed by atoms with Gasteiger partial charge < -0.3 is 9.09 Å². The number of aromatic nitrogens is 4. The largest absolute Gasteiger partial charge is 0.471 e. The van der Waals surface area contributed by atoms with Gasteiger partial charge in [0.05, 0.1) is 6.54 Å². The molecule has 0 unspecified atom stereocenters. The molecule has 3 heterocycles. The standard InChI is InChI=1S/C16H9F3N4O2/c17-16(18,19)15-21-14(22-25-15)12-5-8-23(13(24)9-12)7-2-4-11-3-1-6-20-10-11/h1,3,5-6,8-10H,7H2. The lowest BCUT2D eigenvalue weighted by Gasteiger charge is -2.01. The normalized spacial score (nSPS) is 11.0. The molecule has 3 aromatic rings. The highest BCUT2D eigenvalue weighted by molar-refractivity contribution is 5.52. The van der Waals surface area contributed by atoms with Gasteiger partial charge in [-0.25, -0.2) is 0 Å². The van der Waals surface area contributed by atoms with Crippen molar-refractivity contribution in [1.29, 1.82) is 0 Å². The zero-order valence-electron chi connectivity index (χ0n) is 12.5. The predicted molar refractivity (Wildman–Crippen MR) is 80.1 cm³/mol. The van der Waals surface area contributed by atoms with Gasteiger partial charge in [0.1, 0.15) is 0 Å². The van der Waals surface area contributed by atoms with Crippen molar-refractivity contribution in [3.05, 3.63) is 64.7 Å². The first kappa shape index (κ1) is 16.4. The van der Waals surface area contributed by atoms with Gasteiger partial charge in [0.15, 0.2) is 0 Å². The second-order valence-corrected chi connectivity index (χ2v) is 4.85. The Hall–Kier alpha value is -3.41. The Morgan fingerprint density at radius 1 is 1.28 bits per heavy atom. The first-order chi connectivity index (χ1) is 11.9. The highest BCUT2D eigenvalue weighted by Gasteiger charge is 2.38. The molecule has 6 nitrogen and oxygen atoms in total. The number of hydrogen-bond donors (Lipinski definition) is 0. The molecule has 126 valence electrons. The third kappa shape index (κ3) is 3.92. The number of rotatable bonds is 2. The van der Waals surface area contributed by atoms with Crippen LogP contribution in [0.4, 0.5) is 13.2 Å². The summed E-state index contributed by atoms with van der Waals surface area (Å²) in [6, 6.07) is 6.06. The highest BCUT2D eigenvalue weighted by atomic mass is 19.4. The van der Waals surface area contributed by atoms with Crippen LogP contribution >= 0.6 is 0 Å². The number of pyridine rings is 2. The summed E-state index contributed by atoms with van der Waals surface area (Å²) in [5.41, 5.74) is 0.385. The van der Waals surface area contributed by atoms with Crippen molar-refractivity contribution in [3.63, 3.8) is 0 Å². The molecule has 0 N–H and O–H groups in total. The molecule has 25 heavy (non-hydrogen) atoms. The predicted octanol–water partition coefficient (Wildman–Crippen LogP) is 2.36. The van der Waals surface area contributed by atoms with Gasteiger partial charge in [0, 0.05) is 35.8 Å². The third-order valence-electron chi connectivity index (χ3n) is 3.07. The maximum absolute atomic E-state index is 12.5. The number of nitrogens with zero attached hydrogens (tertiary/aromatic N) is 4. The fourth-order valence-corrected chi connectivity index (χ4v) is 1.90. The highest BCUT2D eigenvalue weighted by Crippen LogP contribution is 2.28. The summed E-state index contributed by atoms with van der Waals surface area (Å²) in [6.07, 6.45) is -0.120. The van der Waals surface area contributed by atoms with Crippen LogP contribution in [0.25, 0.3) is 11.4 Å². The molecule has 0 atom stereocenters. The van der Waals surface area contributed by atoms with Crippen molar-refractivity contribution in [2.45, 2.75) is 12.7 Å². The third-order valence-corrected chi connectivity index (χ3v) is 3.07. The Kier molecular flexibility index (Phi) is 4.35. The Balaban J connectivity index is 1.79. The molecule has 9 heteroatoms. The van der Waals surface area contributed by atoms with Crippen molar-refractivity contribution >= 4 is 0 Å². The van der Waals surface area contributed by atoms with E-state index in [2.05, 4.69) is 31.5 Å². The summed E-state index contributed by atoms with van der Waals surface area (Å²) in [7, 11) is 0. The van der Waals surface area contributed by atoms with Crippen LogP contribution in [-0.2, 0) is 12.7 Å². The summed E-state index contributed by atoms with van der Waals surface area (Å²) < 4.78 is 42.8. The molecular weight excluding hydrogens is 337 g/mol. The summed E-state index contributed by atoms with van der Waals surface area (Å²) in [4.78, 5) is 19.2. The number of halogens is 3. The monoisotopic (exact) mass is 346 g/mol. The van der Waals surface area contributed by atoms with Gasteiger partial charge in [-0.05, 0) is 18.2 Å². The van der Waals surface area contributed by atoms with Gasteiger partial charge in [-0.2, -0.15) is 18.2 Å². The minimum absolute atomic E-state index is 0.119. The van der Waals surface area contributed by atoms with E-state index >= 15 is 0 Å². The van der Waals surface area contributed by atoms with Gasteiger partial charge in [-0.15, -0.1) is 0 Å². The van der Waals surface area contributed by atoms with Crippen LogP contribution in [0.2, 0.25) is 0 Å². The molecule has 3 rings (SSSR count). The van der Waals surface area contributed by atoms with Crippen LogP contribution in [-0.4, -0.2) is 19.7 Å². The fourth-order valence-electron chi connectivity index (χ4n) is 1.90. The van der Waals surface area contributed by atoms with Crippen LogP contribution in [0.15, 0.2) is 52.2 Å². The second kappa shape index (κ2) is 6.60. The summed E-state index contributed by atoms with van der Waals surface area (Å²) in [5.74, 6) is 3.89. The Morgan fingerprint density at radius 3 is 2.76 bits per heavy atom. The summed E-state index contributed by atoms with van der Waals surface area (Å²) in [6.45, 7) is 0.119. The topological polar surface area (TPSA) is 73.8 Å². The van der Waals surface area contributed by atoms with Crippen LogP contribution < -0.4 is 5.56 Å². The molecule has 0 fully saturated rings. The van der Waals surface area contributed by atoms with E-state index < -0.39 is 17.6 Å². The molecular formula is C16H9F3N4O2. The van der Waals surface area contributed by atoms with E-state index in [1.54, 1.807) is 24.5 Å². The van der Waals surface area contributed by atoms with E-state index in [1.165, 1.54) is 16.8 Å². The van der Waals surface area contributed by atoms with E-state index in [0.29, 0.717) is 5.56 Å². The molecule has 0 amide bonds. The molecule has 0 saturated heterocycles. The van der Waals surface area contributed by atoms with E-state index in [-0.39, 0.29) is 17.9 Å². The smallest absolute Gasteiger partial charge is 0.329 e. The number of alkyl halides is 3. The average Bonchev–Trinajstić information content (AvgIpc) is 3.08. The maximum Gasteiger partial charge on any atom is 0.471 e. The van der Waals surface area contributed by atoms with Crippen LogP contribution in [0.5, 0.6) is 0 Å². The Labute approximate surface area is 138 Å². The zero-order chi connectivity index (χ0) is 17.9. The van der Waals surface area contributed by atoms with Gasteiger partial charge in [0.2, 0.25) is 5.82 Å². The van der Waals surface area contributed by atoms with Crippen molar-refractivity contribution in [2.75, 3.05) is 0 Å². The van der Waals surface area contributed by atoms with Crippen molar-refractivity contribution in [2.24, 2.45) is 0 Å². The van der Waals surface area contributed by atoms with E-state index in [1.807, 2.05) is 0 Å². The Morgan fingerprint density at radius 2 is 2.12 bits per heavy atom. The van der Waals surface area contributed by atoms with E-state index in [0.717, 1.165) is 6.07 Å². The quantitative estimate of drug-likeness (QED) is 0.666. The maximum atomic E-state index is 12.5. The summed E-state index contributed by atoms with van der Waals surface area (Å²) >= 11 is 0. The minimum Gasteiger partial charge on any atom is -0.329 e. The minimum atomic E-state index is -4.73. The molecule has 0 aliphatic rings. The molecule has 0 saturated carbocycles. The van der Waals surface area contributed by atoms with E-state index in [9.17, 15) is 18.0 Å². The lowest BCUT2D eigenvalue weighted by Crippen LogP contribution is -2.18. The van der Waals surface area contributed by atoms with Gasteiger partial charge in [-0.3, -0.25) is 9.78 Å². The van der Waals surface area contributed by atoms with Gasteiger partial charge >= 0.3 is 12.1 Å². The van der Waals surface area contributed by atoms with E-state index in [4.69, 9.17) is 0 Å². The average molecular weight is 346 g/mol. The van der Waals surface area contributed by atoms with Crippen molar-refractivity contribution in [3.8, 4) is 23.2 Å². The first-order valence-electron chi connectivity index (χ1n) is 6.94. The second-order valence-electron chi connectivity index (χ2n) is 4.85. The molecule has 0 spiro atoms. The summed E-state index contributed by atoms with van der Waals surface area (Å²) in [5, 5.41) is 3.24. The molecule has 3 aromatic heterocycles. The Bertz CT molecular complexity index is 998. The van der Waals surface area contributed by atoms with Gasteiger partial charge in [0.25, 0.3) is 5.56 Å². The molecule has 0 radical (unpaired) electrons. The lowest BCUT2D eigenvalue weighted by atomic mass is 10.2. The molecule has 0 aliphatic heterocycles. The van der Waals surface area contributed by atoms with Gasteiger partial charge in [-0.1, -0.05) is 17.0 Å². The number of hydrogen-bond acceptors (Lipinski definition) is 5. The fraction of sp³-hybridized carbons (Fsp3) is 0.125. The molecule has 0 aromatic carbocycles. The van der Waals surface area contributed by atoms with Crippen molar-refractivity contribution in [1.82, 2.24) is 19.7 Å². The zero-order valence-corrected chi connectivity index (χ0v) is 12.5. The SMILES string of the molecule is O=c1cc(-c2noc(C(F)(F)F)n2)ccn1CC#Cc1cccnc1. The van der Waals surface area contributed by atoms with Crippen LogP contribution in [0.1, 0.15) is 11.5 Å². The van der Waals surface area contributed by atoms with Crippen molar-refractivity contribution < 1.29 is 17.7 Å². The van der Waals surface area contributed by atoms with Crippen LogP contribution in [0.3, 0.4) is 0 Å². The molecule has 0 aliphatic carbocycles.